The molecule has 0 bridgehead atoms. The van der Waals surface area contributed by atoms with Crippen LogP contribution in [0.2, 0.25) is 0 Å². The second-order valence-corrected chi connectivity index (χ2v) is 7.57. The van der Waals surface area contributed by atoms with Crippen LogP contribution in [0.15, 0.2) is 54.9 Å². The zero-order valence-corrected chi connectivity index (χ0v) is 14.6. The Labute approximate surface area is 145 Å². The van der Waals surface area contributed by atoms with Gasteiger partial charge in [0.05, 0.1) is 11.8 Å². The highest BCUT2D eigenvalue weighted by atomic mass is 32.2. The monoisotopic (exact) mass is 344 g/mol. The fourth-order valence-corrected chi connectivity index (χ4v) is 4.63. The minimum Gasteiger partial charge on any atom is -0.333 e. The second kappa shape index (κ2) is 8.41. The molecule has 1 aliphatic rings. The van der Waals surface area contributed by atoms with Crippen molar-refractivity contribution in [2.45, 2.75) is 11.8 Å². The molecule has 120 valence electrons. The van der Waals surface area contributed by atoms with Gasteiger partial charge >= 0.3 is 0 Å². The third-order valence-electron chi connectivity index (χ3n) is 3.88. The van der Waals surface area contributed by atoms with Gasteiger partial charge in [-0.15, -0.1) is 11.8 Å². The quantitative estimate of drug-likeness (QED) is 0.829. The Balaban J connectivity index is 1.58. The highest BCUT2D eigenvalue weighted by Gasteiger charge is 2.27. The van der Waals surface area contributed by atoms with E-state index in [0.717, 1.165) is 23.8 Å². The van der Waals surface area contributed by atoms with Gasteiger partial charge < -0.3 is 4.90 Å². The number of benzene rings is 1. The summed E-state index contributed by atoms with van der Waals surface area (Å²) in [6, 6.07) is 14.6. The van der Waals surface area contributed by atoms with Gasteiger partial charge in [0.25, 0.3) is 0 Å². The fourth-order valence-electron chi connectivity index (χ4n) is 2.67. The summed E-state index contributed by atoms with van der Waals surface area (Å²) in [6.45, 7) is 0.846. The van der Waals surface area contributed by atoms with Crippen LogP contribution in [-0.4, -0.2) is 39.6 Å². The summed E-state index contributed by atoms with van der Waals surface area (Å²) < 4.78 is 0. The molecular weight excluding hydrogens is 324 g/mol. The Kier molecular flexibility index (Phi) is 6.00. The van der Waals surface area contributed by atoms with Crippen LogP contribution in [0.3, 0.4) is 0 Å². The first-order valence-corrected chi connectivity index (χ1v) is 10.0. The minimum atomic E-state index is 0.212. The molecule has 0 N–H and O–H groups in total. The highest BCUT2D eigenvalue weighted by molar-refractivity contribution is 7.99. The average Bonchev–Trinajstić information content (AvgIpc) is 2.63. The summed E-state index contributed by atoms with van der Waals surface area (Å²) in [7, 11) is 0. The average molecular weight is 345 g/mol. The molecule has 23 heavy (non-hydrogen) atoms. The standard InChI is InChI=1S/C18H20N2OS2/c21-18(14-23-12-15-6-8-19-9-7-15)20-10-11-22-13-17(20)16-4-2-1-3-5-16/h1-9,17H,10-14H2. The van der Waals surface area contributed by atoms with Crippen molar-refractivity contribution in [3.8, 4) is 0 Å². The van der Waals surface area contributed by atoms with Crippen molar-refractivity contribution in [2.75, 3.05) is 23.8 Å². The smallest absolute Gasteiger partial charge is 0.233 e. The van der Waals surface area contributed by atoms with Crippen molar-refractivity contribution in [1.29, 1.82) is 0 Å². The number of carbonyl (C=O) groups is 1. The summed E-state index contributed by atoms with van der Waals surface area (Å²) in [5.41, 5.74) is 2.46. The molecule has 0 saturated carbocycles. The van der Waals surface area contributed by atoms with E-state index in [9.17, 15) is 4.79 Å². The van der Waals surface area contributed by atoms with E-state index in [2.05, 4.69) is 34.1 Å². The number of hydrogen-bond donors (Lipinski definition) is 0. The van der Waals surface area contributed by atoms with Crippen LogP contribution in [0.4, 0.5) is 0 Å². The molecule has 1 saturated heterocycles. The van der Waals surface area contributed by atoms with Crippen LogP contribution >= 0.6 is 23.5 Å². The molecule has 1 aromatic heterocycles. The van der Waals surface area contributed by atoms with Gasteiger partial charge in [0.2, 0.25) is 5.91 Å². The van der Waals surface area contributed by atoms with Gasteiger partial charge in [0, 0.05) is 36.2 Å². The lowest BCUT2D eigenvalue weighted by Gasteiger charge is -2.35. The van der Waals surface area contributed by atoms with Crippen LogP contribution in [0, 0.1) is 0 Å². The lowest BCUT2D eigenvalue weighted by Crippen LogP contribution is -2.41. The van der Waals surface area contributed by atoms with Crippen LogP contribution in [-0.2, 0) is 10.5 Å². The zero-order valence-electron chi connectivity index (χ0n) is 12.9. The van der Waals surface area contributed by atoms with Crippen LogP contribution in [0.1, 0.15) is 17.2 Å². The van der Waals surface area contributed by atoms with Gasteiger partial charge in [-0.05, 0) is 23.3 Å². The summed E-state index contributed by atoms with van der Waals surface area (Å²) in [5.74, 6) is 3.66. The lowest BCUT2D eigenvalue weighted by molar-refractivity contribution is -0.130. The molecule has 1 aromatic carbocycles. The molecule has 0 aliphatic carbocycles. The number of aromatic nitrogens is 1. The largest absolute Gasteiger partial charge is 0.333 e. The Hall–Kier alpha value is -1.46. The Morgan fingerprint density at radius 1 is 1.22 bits per heavy atom. The van der Waals surface area contributed by atoms with E-state index in [1.54, 1.807) is 24.2 Å². The molecule has 2 aromatic rings. The molecule has 3 rings (SSSR count). The normalized spacial score (nSPS) is 17.9. The molecule has 1 unspecified atom stereocenters. The van der Waals surface area contributed by atoms with E-state index in [1.807, 2.05) is 30.0 Å². The van der Waals surface area contributed by atoms with Crippen molar-refractivity contribution in [1.82, 2.24) is 9.88 Å². The van der Waals surface area contributed by atoms with Gasteiger partial charge in [-0.2, -0.15) is 11.8 Å². The summed E-state index contributed by atoms with van der Waals surface area (Å²) in [6.07, 6.45) is 3.59. The molecule has 1 fully saturated rings. The Morgan fingerprint density at radius 3 is 2.78 bits per heavy atom. The molecule has 1 atom stereocenters. The number of carbonyl (C=O) groups excluding carboxylic acids is 1. The molecule has 0 spiro atoms. The van der Waals surface area contributed by atoms with E-state index in [0.29, 0.717) is 5.75 Å². The van der Waals surface area contributed by atoms with E-state index in [1.165, 1.54) is 11.1 Å². The second-order valence-electron chi connectivity index (χ2n) is 5.44. The molecule has 3 nitrogen and oxygen atoms in total. The van der Waals surface area contributed by atoms with Crippen LogP contribution in [0.5, 0.6) is 0 Å². The first-order chi connectivity index (χ1) is 11.3. The number of thioether (sulfide) groups is 2. The van der Waals surface area contributed by atoms with Gasteiger partial charge in [0.15, 0.2) is 0 Å². The van der Waals surface area contributed by atoms with Gasteiger partial charge in [-0.3, -0.25) is 9.78 Å². The molecule has 1 aliphatic heterocycles. The van der Waals surface area contributed by atoms with Crippen molar-refractivity contribution in [2.24, 2.45) is 0 Å². The van der Waals surface area contributed by atoms with Gasteiger partial charge in [-0.25, -0.2) is 0 Å². The number of hydrogen-bond acceptors (Lipinski definition) is 4. The summed E-state index contributed by atoms with van der Waals surface area (Å²) in [5, 5.41) is 0. The fraction of sp³-hybridized carbons (Fsp3) is 0.333. The van der Waals surface area contributed by atoms with E-state index < -0.39 is 0 Å². The molecule has 5 heteroatoms. The van der Waals surface area contributed by atoms with E-state index >= 15 is 0 Å². The zero-order chi connectivity index (χ0) is 15.9. The maximum absolute atomic E-state index is 12.7. The molecule has 0 radical (unpaired) electrons. The molecule has 1 amide bonds. The van der Waals surface area contributed by atoms with Crippen LogP contribution in [0.25, 0.3) is 0 Å². The lowest BCUT2D eigenvalue weighted by atomic mass is 10.1. The summed E-state index contributed by atoms with van der Waals surface area (Å²) in [4.78, 5) is 18.7. The van der Waals surface area contributed by atoms with E-state index in [-0.39, 0.29) is 11.9 Å². The number of amides is 1. The first-order valence-electron chi connectivity index (χ1n) is 7.73. The van der Waals surface area contributed by atoms with E-state index in [4.69, 9.17) is 0 Å². The third kappa shape index (κ3) is 4.52. The highest BCUT2D eigenvalue weighted by Crippen LogP contribution is 2.30. The Morgan fingerprint density at radius 2 is 2.00 bits per heavy atom. The molecule has 2 heterocycles. The van der Waals surface area contributed by atoms with Crippen molar-refractivity contribution in [3.05, 3.63) is 66.0 Å². The predicted octanol–water partition coefficient (Wildman–Crippen LogP) is 3.63. The summed E-state index contributed by atoms with van der Waals surface area (Å²) >= 11 is 3.61. The predicted molar refractivity (Wildman–Crippen MR) is 98.6 cm³/mol. The van der Waals surface area contributed by atoms with Crippen molar-refractivity contribution < 1.29 is 4.79 Å². The van der Waals surface area contributed by atoms with Gasteiger partial charge in [0.1, 0.15) is 0 Å². The Bertz CT molecular complexity index is 621. The minimum absolute atomic E-state index is 0.212. The van der Waals surface area contributed by atoms with Crippen LogP contribution < -0.4 is 0 Å². The third-order valence-corrected chi connectivity index (χ3v) is 5.89. The molecular formula is C18H20N2OS2. The topological polar surface area (TPSA) is 33.2 Å². The number of nitrogens with zero attached hydrogens (tertiary/aromatic N) is 2. The number of rotatable bonds is 5. The van der Waals surface area contributed by atoms with Crippen molar-refractivity contribution in [3.63, 3.8) is 0 Å². The van der Waals surface area contributed by atoms with Crippen molar-refractivity contribution >= 4 is 29.4 Å². The maximum atomic E-state index is 12.7. The number of pyridine rings is 1. The first kappa shape index (κ1) is 16.4. The SMILES string of the molecule is O=C(CSCc1ccncc1)N1CCSCC1c1ccccc1. The maximum Gasteiger partial charge on any atom is 0.233 e. The van der Waals surface area contributed by atoms with Gasteiger partial charge in [-0.1, -0.05) is 30.3 Å².